The lowest BCUT2D eigenvalue weighted by Gasteiger charge is -2.19. The lowest BCUT2D eigenvalue weighted by Crippen LogP contribution is -2.22. The van der Waals surface area contributed by atoms with Gasteiger partial charge in [0, 0.05) is 33.4 Å². The minimum atomic E-state index is -0.245. The van der Waals surface area contributed by atoms with Crippen molar-refractivity contribution in [3.8, 4) is 0 Å². The van der Waals surface area contributed by atoms with Crippen molar-refractivity contribution in [1.29, 1.82) is 0 Å². The van der Waals surface area contributed by atoms with Crippen LogP contribution < -0.4 is 11.5 Å². The second-order valence-corrected chi connectivity index (χ2v) is 10.5. The molecule has 9 heteroatoms. The Labute approximate surface area is 258 Å². The molecule has 0 aliphatic heterocycles. The van der Waals surface area contributed by atoms with Crippen LogP contribution in [0.15, 0.2) is 85.5 Å². The molecule has 9 nitrogen and oxygen atoms in total. The van der Waals surface area contributed by atoms with E-state index in [9.17, 15) is 24.0 Å². The van der Waals surface area contributed by atoms with E-state index in [1.807, 2.05) is 13.8 Å². The summed E-state index contributed by atoms with van der Waals surface area (Å²) in [5, 5.41) is 0. The van der Waals surface area contributed by atoms with Crippen LogP contribution in [0.1, 0.15) is 82.0 Å². The average molecular weight is 597 g/mol. The van der Waals surface area contributed by atoms with Crippen molar-refractivity contribution in [1.82, 2.24) is 9.97 Å². The molecule has 0 bridgehead atoms. The van der Waals surface area contributed by atoms with Crippen LogP contribution in [-0.4, -0.2) is 38.9 Å². The minimum Gasteiger partial charge on any atom is -0.397 e. The molecule has 0 radical (unpaired) electrons. The number of allylic oxidation sites excluding steroid dienone is 1. The smallest absolute Gasteiger partial charge is 0.196 e. The Balaban J connectivity index is 0.000000157. The van der Waals surface area contributed by atoms with Crippen LogP contribution in [0.25, 0.3) is 11.0 Å². The zero-order valence-electron chi connectivity index (χ0n) is 24.8. The summed E-state index contributed by atoms with van der Waals surface area (Å²) in [6.07, 6.45) is 1.28. The lowest BCUT2D eigenvalue weighted by atomic mass is 9.83. The van der Waals surface area contributed by atoms with Gasteiger partial charge in [0.15, 0.2) is 28.9 Å². The zero-order valence-corrected chi connectivity index (χ0v) is 24.8. The van der Waals surface area contributed by atoms with E-state index in [-0.39, 0.29) is 40.2 Å². The Morgan fingerprint density at radius 1 is 0.622 bits per heavy atom. The van der Waals surface area contributed by atoms with Gasteiger partial charge < -0.3 is 11.5 Å². The maximum atomic E-state index is 12.8. The van der Waals surface area contributed by atoms with Crippen LogP contribution in [0.4, 0.5) is 11.4 Å². The Bertz CT molecular complexity index is 2130. The third-order valence-electron chi connectivity index (χ3n) is 7.59. The number of fused-ring (bicyclic) bond motifs is 6. The molecule has 222 valence electrons. The van der Waals surface area contributed by atoms with E-state index in [0.29, 0.717) is 55.7 Å². The Kier molecular flexibility index (Phi) is 8.02. The first-order chi connectivity index (χ1) is 21.5. The van der Waals surface area contributed by atoms with Crippen molar-refractivity contribution in [3.63, 3.8) is 0 Å². The minimum absolute atomic E-state index is 0.0185. The molecule has 45 heavy (non-hydrogen) atoms. The van der Waals surface area contributed by atoms with E-state index >= 15 is 0 Å². The summed E-state index contributed by atoms with van der Waals surface area (Å²) in [5.41, 5.74) is 17.7. The number of benzene rings is 4. The number of nitrogens with two attached hydrogens (primary N) is 2. The van der Waals surface area contributed by atoms with Gasteiger partial charge in [0.25, 0.3) is 0 Å². The second kappa shape index (κ2) is 11.9. The Hall–Kier alpha value is -6.09. The molecule has 1 aromatic heterocycles. The highest BCUT2D eigenvalue weighted by atomic mass is 16.1. The highest BCUT2D eigenvalue weighted by Crippen LogP contribution is 2.34. The normalized spacial score (nSPS) is 12.4. The number of aryl methyl sites for hydroxylation is 2. The van der Waals surface area contributed by atoms with Crippen molar-refractivity contribution >= 4 is 51.3 Å². The van der Waals surface area contributed by atoms with Gasteiger partial charge in [-0.2, -0.15) is 0 Å². The molecule has 2 aliphatic carbocycles. The van der Waals surface area contributed by atoms with Gasteiger partial charge in [0.05, 0.1) is 39.4 Å². The third-order valence-corrected chi connectivity index (χ3v) is 7.59. The first-order valence-electron chi connectivity index (χ1n) is 13.9. The molecule has 0 fully saturated rings. The quantitative estimate of drug-likeness (QED) is 0.186. The molecule has 0 amide bonds. The number of nitrogens with zero attached hydrogens (tertiary/aromatic N) is 2. The summed E-state index contributed by atoms with van der Waals surface area (Å²) >= 11 is 0. The summed E-state index contributed by atoms with van der Waals surface area (Å²) in [4.78, 5) is 68.8. The molecule has 7 rings (SSSR count). The standard InChI is InChI=1S/C18H12N2O2.C14H10N2O2.C4H6O/c1-9-10(2)20-16-14(19-9)8-7-13-15(16)18(22)12-6-4-3-5-11(12)17(13)21;15-10-6-5-9-11(12(10)16)14(18)8-4-2-1-3-7(8)13(9)17;1-3-4(2)5/h3-8H,1-2H3;1-6H,15-16H2;3H,1H2,2H3. The highest BCUT2D eigenvalue weighted by Gasteiger charge is 2.32. The van der Waals surface area contributed by atoms with Crippen LogP contribution in [0.5, 0.6) is 0 Å². The van der Waals surface area contributed by atoms with E-state index in [1.165, 1.54) is 13.0 Å². The summed E-state index contributed by atoms with van der Waals surface area (Å²) in [5.74, 6) is -0.706. The van der Waals surface area contributed by atoms with Crippen LogP contribution in [0.2, 0.25) is 0 Å². The van der Waals surface area contributed by atoms with E-state index in [1.54, 1.807) is 72.8 Å². The van der Waals surface area contributed by atoms with Crippen LogP contribution in [-0.2, 0) is 4.79 Å². The van der Waals surface area contributed by atoms with Gasteiger partial charge in [0.2, 0.25) is 0 Å². The fraction of sp³-hybridized carbons (Fsp3) is 0.0833. The lowest BCUT2D eigenvalue weighted by molar-refractivity contribution is -0.112. The molecular formula is C36H28N4O5. The number of carbonyl (C=O) groups is 5. The molecule has 0 saturated heterocycles. The largest absolute Gasteiger partial charge is 0.397 e. The van der Waals surface area contributed by atoms with E-state index in [4.69, 9.17) is 11.5 Å². The molecule has 2 aliphatic rings. The summed E-state index contributed by atoms with van der Waals surface area (Å²) in [6, 6.07) is 20.2. The van der Waals surface area contributed by atoms with Crippen molar-refractivity contribution in [2.24, 2.45) is 0 Å². The van der Waals surface area contributed by atoms with E-state index in [0.717, 1.165) is 11.4 Å². The molecule has 4 N–H and O–H groups in total. The first kappa shape index (κ1) is 30.4. The number of anilines is 2. The van der Waals surface area contributed by atoms with Crippen molar-refractivity contribution in [2.45, 2.75) is 20.8 Å². The van der Waals surface area contributed by atoms with E-state index in [2.05, 4.69) is 16.5 Å². The highest BCUT2D eigenvalue weighted by molar-refractivity contribution is 6.32. The number of aromatic nitrogens is 2. The fourth-order valence-electron chi connectivity index (χ4n) is 5.10. The Morgan fingerprint density at radius 2 is 1.04 bits per heavy atom. The Morgan fingerprint density at radius 3 is 1.56 bits per heavy atom. The number of hydrogen-bond acceptors (Lipinski definition) is 9. The molecule has 5 aromatic rings. The summed E-state index contributed by atoms with van der Waals surface area (Å²) in [6.45, 7) is 8.41. The topological polar surface area (TPSA) is 163 Å². The SMILES string of the molecule is C=CC(C)=O.Cc1nc2ccc3c(c2nc1C)C(=O)c1ccccc1C3=O.Nc1ccc2c(c1N)C(=O)c1ccccc1C2=O. The second-order valence-electron chi connectivity index (χ2n) is 10.5. The number of nitrogen functional groups attached to an aromatic ring is 2. The van der Waals surface area contributed by atoms with Crippen molar-refractivity contribution < 1.29 is 24.0 Å². The first-order valence-corrected chi connectivity index (χ1v) is 13.9. The van der Waals surface area contributed by atoms with Crippen LogP contribution in [0.3, 0.4) is 0 Å². The van der Waals surface area contributed by atoms with Gasteiger partial charge in [-0.3, -0.25) is 24.0 Å². The molecule has 0 spiro atoms. The van der Waals surface area contributed by atoms with Crippen molar-refractivity contribution in [2.75, 3.05) is 11.5 Å². The number of rotatable bonds is 1. The number of carbonyl (C=O) groups excluding carboxylic acids is 5. The predicted molar refractivity (Wildman–Crippen MR) is 172 cm³/mol. The van der Waals surface area contributed by atoms with E-state index < -0.39 is 0 Å². The number of hydrogen-bond donors (Lipinski definition) is 2. The zero-order chi connectivity index (χ0) is 32.6. The van der Waals surface area contributed by atoms with Gasteiger partial charge in [0.1, 0.15) is 5.52 Å². The van der Waals surface area contributed by atoms with Gasteiger partial charge in [-0.1, -0.05) is 55.1 Å². The molecule has 0 atom stereocenters. The van der Waals surface area contributed by atoms with Crippen LogP contribution in [0, 0.1) is 13.8 Å². The maximum absolute atomic E-state index is 12.8. The molecule has 0 saturated carbocycles. The third kappa shape index (κ3) is 5.31. The van der Waals surface area contributed by atoms with Gasteiger partial charge in [-0.15, -0.1) is 0 Å². The maximum Gasteiger partial charge on any atom is 0.196 e. The number of ketones is 5. The molecule has 4 aromatic carbocycles. The monoisotopic (exact) mass is 596 g/mol. The fourth-order valence-corrected chi connectivity index (χ4v) is 5.10. The average Bonchev–Trinajstić information content (AvgIpc) is 3.04. The van der Waals surface area contributed by atoms with Gasteiger partial charge >= 0.3 is 0 Å². The summed E-state index contributed by atoms with van der Waals surface area (Å²) < 4.78 is 0. The molecular weight excluding hydrogens is 568 g/mol. The molecule has 0 unspecified atom stereocenters. The van der Waals surface area contributed by atoms with Crippen molar-refractivity contribution in [3.05, 3.63) is 141 Å². The van der Waals surface area contributed by atoms with Gasteiger partial charge in [-0.05, 0) is 51.1 Å². The van der Waals surface area contributed by atoms with Crippen LogP contribution >= 0.6 is 0 Å². The van der Waals surface area contributed by atoms with Gasteiger partial charge in [-0.25, -0.2) is 9.97 Å². The predicted octanol–water partition coefficient (Wildman–Crippen LogP) is 5.41. The molecule has 1 heterocycles. The summed E-state index contributed by atoms with van der Waals surface area (Å²) in [7, 11) is 0.